The second kappa shape index (κ2) is 11.0. The van der Waals surface area contributed by atoms with Crippen LogP contribution in [0, 0.1) is 6.92 Å². The van der Waals surface area contributed by atoms with Crippen molar-refractivity contribution >= 4 is 56.5 Å². The first-order chi connectivity index (χ1) is 18.3. The van der Waals surface area contributed by atoms with Crippen molar-refractivity contribution in [2.24, 2.45) is 0 Å². The highest BCUT2D eigenvalue weighted by Gasteiger charge is 2.23. The van der Waals surface area contributed by atoms with Crippen molar-refractivity contribution in [1.82, 2.24) is 9.55 Å². The number of fused-ring (bicyclic) bond motifs is 3. The van der Waals surface area contributed by atoms with Crippen LogP contribution in [0.4, 0.5) is 11.4 Å². The molecule has 2 aromatic heterocycles. The highest BCUT2D eigenvalue weighted by molar-refractivity contribution is 7.99. The first-order valence-electron chi connectivity index (χ1n) is 12.4. The fourth-order valence-corrected chi connectivity index (χ4v) is 6.72. The quantitative estimate of drug-likeness (QED) is 0.239. The molecular formula is C28H28N4O4S2. The van der Waals surface area contributed by atoms with Gasteiger partial charge in [-0.1, -0.05) is 29.5 Å². The van der Waals surface area contributed by atoms with Gasteiger partial charge in [0.1, 0.15) is 10.6 Å². The summed E-state index contributed by atoms with van der Waals surface area (Å²) >= 11 is 2.81. The fourth-order valence-electron chi connectivity index (χ4n) is 4.61. The Morgan fingerprint density at radius 1 is 1.11 bits per heavy atom. The molecule has 0 fully saturated rings. The largest absolute Gasteiger partial charge is 0.495 e. The molecule has 0 saturated heterocycles. The number of anilines is 2. The summed E-state index contributed by atoms with van der Waals surface area (Å²) in [6, 6.07) is 12.8. The molecule has 38 heavy (non-hydrogen) atoms. The highest BCUT2D eigenvalue weighted by Crippen LogP contribution is 2.35. The topological polar surface area (TPSA) is 102 Å². The number of methoxy groups -OCH3 is 1. The molecule has 0 unspecified atom stereocenters. The fraction of sp³-hybridized carbons (Fsp3) is 0.286. The number of amides is 2. The van der Waals surface area contributed by atoms with E-state index in [-0.39, 0.29) is 23.1 Å². The monoisotopic (exact) mass is 548 g/mol. The number of carbonyl (C=O) groups is 2. The van der Waals surface area contributed by atoms with Crippen molar-refractivity contribution in [2.45, 2.75) is 44.7 Å². The summed E-state index contributed by atoms with van der Waals surface area (Å²) in [5.41, 5.74) is 3.84. The standard InChI is InChI=1S/C28H28N4O4S2/c1-16-8-11-19(12-9-16)32-27(35)25-20-6-4-5-7-23(20)38-26(25)31-28(32)37-15-24(34)30-21-14-18(29-17(2)33)10-13-22(21)36-3/h8-14H,4-7,15H2,1-3H3,(H,29,33)(H,30,34). The summed E-state index contributed by atoms with van der Waals surface area (Å²) in [6.07, 6.45) is 4.07. The zero-order valence-corrected chi connectivity index (χ0v) is 23.1. The Kier molecular flexibility index (Phi) is 7.53. The molecule has 0 bridgehead atoms. The Bertz CT molecular complexity index is 1590. The van der Waals surface area contributed by atoms with Crippen LogP contribution in [-0.4, -0.2) is 34.2 Å². The summed E-state index contributed by atoms with van der Waals surface area (Å²) in [7, 11) is 1.51. The number of aryl methyl sites for hydroxylation is 3. The Morgan fingerprint density at radius 3 is 2.61 bits per heavy atom. The number of thiophene rings is 1. The number of nitrogens with one attached hydrogen (secondary N) is 2. The smallest absolute Gasteiger partial charge is 0.267 e. The summed E-state index contributed by atoms with van der Waals surface area (Å²) in [5.74, 6) is -0.00216. The van der Waals surface area contributed by atoms with E-state index in [4.69, 9.17) is 9.72 Å². The SMILES string of the molecule is COc1ccc(NC(C)=O)cc1NC(=O)CSc1nc2sc3c(c2c(=O)n1-c1ccc(C)cc1)CCCC3. The zero-order valence-electron chi connectivity index (χ0n) is 21.4. The first kappa shape index (κ1) is 26.0. The summed E-state index contributed by atoms with van der Waals surface area (Å²) < 4.78 is 6.99. The number of hydrogen-bond acceptors (Lipinski definition) is 7. The van der Waals surface area contributed by atoms with Crippen molar-refractivity contribution in [3.8, 4) is 11.4 Å². The Labute approximate surface area is 228 Å². The van der Waals surface area contributed by atoms with Gasteiger partial charge in [-0.2, -0.15) is 0 Å². The molecule has 0 spiro atoms. The molecule has 2 amide bonds. The third-order valence-electron chi connectivity index (χ3n) is 6.38. The van der Waals surface area contributed by atoms with Crippen LogP contribution in [0.2, 0.25) is 0 Å². The van der Waals surface area contributed by atoms with Crippen molar-refractivity contribution in [2.75, 3.05) is 23.5 Å². The minimum Gasteiger partial charge on any atom is -0.495 e. The molecule has 0 radical (unpaired) electrons. The lowest BCUT2D eigenvalue weighted by atomic mass is 9.97. The molecular weight excluding hydrogens is 520 g/mol. The molecule has 0 saturated carbocycles. The van der Waals surface area contributed by atoms with E-state index in [2.05, 4.69) is 10.6 Å². The summed E-state index contributed by atoms with van der Waals surface area (Å²) in [4.78, 5) is 45.2. The van der Waals surface area contributed by atoms with E-state index in [0.29, 0.717) is 27.7 Å². The second-order valence-electron chi connectivity index (χ2n) is 9.19. The lowest BCUT2D eigenvalue weighted by Gasteiger charge is -2.15. The third-order valence-corrected chi connectivity index (χ3v) is 8.50. The average molecular weight is 549 g/mol. The molecule has 1 aliphatic carbocycles. The van der Waals surface area contributed by atoms with Gasteiger partial charge in [0.15, 0.2) is 5.16 Å². The molecule has 0 atom stereocenters. The van der Waals surface area contributed by atoms with Gasteiger partial charge in [0.05, 0.1) is 29.6 Å². The van der Waals surface area contributed by atoms with Crippen LogP contribution < -0.4 is 20.9 Å². The van der Waals surface area contributed by atoms with Crippen molar-refractivity contribution in [3.63, 3.8) is 0 Å². The molecule has 5 rings (SSSR count). The van der Waals surface area contributed by atoms with E-state index in [1.807, 2.05) is 31.2 Å². The van der Waals surface area contributed by atoms with Crippen LogP contribution in [0.3, 0.4) is 0 Å². The normalized spacial score (nSPS) is 12.7. The minimum atomic E-state index is -0.288. The molecule has 0 aliphatic heterocycles. The van der Waals surface area contributed by atoms with Crippen LogP contribution in [0.1, 0.15) is 35.8 Å². The Morgan fingerprint density at radius 2 is 1.87 bits per heavy atom. The van der Waals surface area contributed by atoms with Gasteiger partial charge in [-0.25, -0.2) is 4.98 Å². The summed E-state index contributed by atoms with van der Waals surface area (Å²) in [6.45, 7) is 3.42. The maximum Gasteiger partial charge on any atom is 0.267 e. The number of thioether (sulfide) groups is 1. The van der Waals surface area contributed by atoms with E-state index in [1.54, 1.807) is 34.1 Å². The first-order valence-corrected chi connectivity index (χ1v) is 14.2. The van der Waals surface area contributed by atoms with Gasteiger partial charge in [-0.3, -0.25) is 19.0 Å². The maximum absolute atomic E-state index is 13.9. The third kappa shape index (κ3) is 5.32. The van der Waals surface area contributed by atoms with Crippen LogP contribution in [0.15, 0.2) is 52.4 Å². The lowest BCUT2D eigenvalue weighted by Crippen LogP contribution is -2.23. The molecule has 2 N–H and O–H groups in total. The number of rotatable bonds is 7. The number of nitrogens with zero attached hydrogens (tertiary/aromatic N) is 2. The zero-order chi connectivity index (χ0) is 26.8. The predicted octanol–water partition coefficient (Wildman–Crippen LogP) is 5.33. The number of hydrogen-bond donors (Lipinski definition) is 2. The molecule has 2 aromatic carbocycles. The van der Waals surface area contributed by atoms with Crippen LogP contribution in [0.5, 0.6) is 5.75 Å². The Balaban J connectivity index is 1.47. The van der Waals surface area contributed by atoms with Crippen molar-refractivity contribution in [3.05, 3.63) is 68.8 Å². The van der Waals surface area contributed by atoms with E-state index in [0.717, 1.165) is 47.3 Å². The second-order valence-corrected chi connectivity index (χ2v) is 11.2. The van der Waals surface area contributed by atoms with Crippen molar-refractivity contribution < 1.29 is 14.3 Å². The van der Waals surface area contributed by atoms with Gasteiger partial charge >= 0.3 is 0 Å². The van der Waals surface area contributed by atoms with Crippen molar-refractivity contribution in [1.29, 1.82) is 0 Å². The van der Waals surface area contributed by atoms with Gasteiger partial charge in [0.2, 0.25) is 11.8 Å². The average Bonchev–Trinajstić information content (AvgIpc) is 3.27. The molecule has 2 heterocycles. The molecule has 8 nitrogen and oxygen atoms in total. The van der Waals surface area contributed by atoms with Gasteiger partial charge in [0, 0.05) is 17.5 Å². The van der Waals surface area contributed by atoms with E-state index in [1.165, 1.54) is 30.7 Å². The van der Waals surface area contributed by atoms with Gasteiger partial charge in [-0.15, -0.1) is 11.3 Å². The molecule has 196 valence electrons. The van der Waals surface area contributed by atoms with Crippen LogP contribution in [0.25, 0.3) is 15.9 Å². The van der Waals surface area contributed by atoms with Gasteiger partial charge in [-0.05, 0) is 68.5 Å². The number of ether oxygens (including phenoxy) is 1. The van der Waals surface area contributed by atoms with Crippen LogP contribution in [-0.2, 0) is 22.4 Å². The van der Waals surface area contributed by atoms with Gasteiger partial charge in [0.25, 0.3) is 5.56 Å². The predicted molar refractivity (Wildman–Crippen MR) is 153 cm³/mol. The van der Waals surface area contributed by atoms with Crippen LogP contribution >= 0.6 is 23.1 Å². The highest BCUT2D eigenvalue weighted by atomic mass is 32.2. The van der Waals surface area contributed by atoms with E-state index >= 15 is 0 Å². The molecule has 10 heteroatoms. The number of aromatic nitrogens is 2. The Hall–Kier alpha value is -3.63. The summed E-state index contributed by atoms with van der Waals surface area (Å²) in [5, 5.41) is 6.74. The molecule has 4 aromatic rings. The van der Waals surface area contributed by atoms with E-state index in [9.17, 15) is 14.4 Å². The minimum absolute atomic E-state index is 0.0302. The van der Waals surface area contributed by atoms with Gasteiger partial charge < -0.3 is 15.4 Å². The lowest BCUT2D eigenvalue weighted by molar-refractivity contribution is -0.114. The van der Waals surface area contributed by atoms with E-state index < -0.39 is 0 Å². The number of benzene rings is 2. The number of carbonyl (C=O) groups excluding carboxylic acids is 2. The maximum atomic E-state index is 13.9. The molecule has 1 aliphatic rings.